The lowest BCUT2D eigenvalue weighted by Gasteiger charge is -2.29. The fourth-order valence-corrected chi connectivity index (χ4v) is 4.30. The minimum atomic E-state index is -0.0165. The number of likely N-dealkylation sites (N-methyl/N-ethyl adjacent to an activating group) is 1. The molecule has 1 aliphatic carbocycles. The third kappa shape index (κ3) is 3.57. The molecular formula is C20H27N5O2. The topological polar surface area (TPSA) is 71.4 Å². The number of ether oxygens (including phenoxy) is 1. The van der Waals surface area contributed by atoms with Crippen molar-refractivity contribution in [1.29, 1.82) is 0 Å². The minimum Gasteiger partial charge on any atom is -0.494 e. The van der Waals surface area contributed by atoms with E-state index in [9.17, 15) is 4.79 Å². The molecule has 2 aliphatic rings. The average Bonchev–Trinajstić information content (AvgIpc) is 3.35. The molecule has 2 heterocycles. The number of fused-ring (bicyclic) bond motifs is 1. The average molecular weight is 369 g/mol. The van der Waals surface area contributed by atoms with Gasteiger partial charge in [0, 0.05) is 31.9 Å². The minimum absolute atomic E-state index is 0.0165. The van der Waals surface area contributed by atoms with Crippen LogP contribution in [-0.4, -0.2) is 53.4 Å². The quantitative estimate of drug-likeness (QED) is 0.843. The Labute approximate surface area is 159 Å². The molecule has 1 aromatic carbocycles. The van der Waals surface area contributed by atoms with Gasteiger partial charge in [0.25, 0.3) is 5.91 Å². The van der Waals surface area contributed by atoms with Crippen LogP contribution < -0.4 is 15.6 Å². The van der Waals surface area contributed by atoms with Gasteiger partial charge in [-0.1, -0.05) is 25.0 Å². The summed E-state index contributed by atoms with van der Waals surface area (Å²) in [6.45, 7) is 0.687. The zero-order chi connectivity index (χ0) is 18.8. The van der Waals surface area contributed by atoms with Crippen LogP contribution in [0.15, 0.2) is 36.7 Å². The molecule has 27 heavy (non-hydrogen) atoms. The van der Waals surface area contributed by atoms with Gasteiger partial charge in [-0.25, -0.2) is 4.68 Å². The van der Waals surface area contributed by atoms with Gasteiger partial charge >= 0.3 is 0 Å². The smallest absolute Gasteiger partial charge is 0.256 e. The molecule has 1 saturated heterocycles. The third-order valence-corrected chi connectivity index (χ3v) is 5.77. The molecule has 1 amide bonds. The lowest BCUT2D eigenvalue weighted by Crippen LogP contribution is -2.43. The number of amides is 1. The highest BCUT2D eigenvalue weighted by Crippen LogP contribution is 2.30. The van der Waals surface area contributed by atoms with Gasteiger partial charge in [0.1, 0.15) is 11.4 Å². The molecule has 2 N–H and O–H groups in total. The number of carbonyl (C=O) groups excluding carboxylic acids is 1. The Kier molecular flexibility index (Phi) is 5.13. The van der Waals surface area contributed by atoms with Gasteiger partial charge in [-0.15, -0.1) is 0 Å². The summed E-state index contributed by atoms with van der Waals surface area (Å²) >= 11 is 0. The first-order valence-corrected chi connectivity index (χ1v) is 9.62. The van der Waals surface area contributed by atoms with Crippen LogP contribution in [0.5, 0.6) is 5.75 Å². The number of hydrogen-bond acceptors (Lipinski definition) is 5. The monoisotopic (exact) mass is 369 g/mol. The third-order valence-electron chi connectivity index (χ3n) is 5.77. The molecule has 7 nitrogen and oxygen atoms in total. The highest BCUT2D eigenvalue weighted by Gasteiger charge is 2.38. The van der Waals surface area contributed by atoms with E-state index in [1.54, 1.807) is 29.1 Å². The van der Waals surface area contributed by atoms with E-state index in [0.717, 1.165) is 11.4 Å². The molecule has 7 heteroatoms. The fraction of sp³-hybridized carbons (Fsp3) is 0.500. The second-order valence-corrected chi connectivity index (χ2v) is 7.48. The van der Waals surface area contributed by atoms with Crippen molar-refractivity contribution in [1.82, 2.24) is 25.5 Å². The summed E-state index contributed by atoms with van der Waals surface area (Å²) in [6, 6.07) is 8.47. The number of methoxy groups -OCH3 is 1. The number of nitrogens with one attached hydrogen (secondary N) is 2. The molecule has 3 unspecified atom stereocenters. The Hall–Kier alpha value is -2.38. The van der Waals surface area contributed by atoms with Crippen LogP contribution in [0.4, 0.5) is 0 Å². The molecule has 2 fully saturated rings. The number of benzene rings is 1. The van der Waals surface area contributed by atoms with Gasteiger partial charge in [0.05, 0.1) is 18.9 Å². The molecule has 1 saturated carbocycles. The first-order valence-electron chi connectivity index (χ1n) is 9.62. The van der Waals surface area contributed by atoms with E-state index < -0.39 is 0 Å². The fourth-order valence-electron chi connectivity index (χ4n) is 4.30. The highest BCUT2D eigenvalue weighted by atomic mass is 16.5. The molecule has 2 aromatic rings. The summed E-state index contributed by atoms with van der Waals surface area (Å²) in [6.07, 6.45) is 8.40. The van der Waals surface area contributed by atoms with Gasteiger partial charge in [-0.3, -0.25) is 15.6 Å². The second kappa shape index (κ2) is 7.70. The van der Waals surface area contributed by atoms with Gasteiger partial charge < -0.3 is 9.64 Å². The Morgan fingerprint density at radius 3 is 2.96 bits per heavy atom. The predicted octanol–water partition coefficient (Wildman–Crippen LogP) is 1.99. The van der Waals surface area contributed by atoms with E-state index >= 15 is 0 Å². The summed E-state index contributed by atoms with van der Waals surface area (Å²) in [4.78, 5) is 14.7. The van der Waals surface area contributed by atoms with Crippen molar-refractivity contribution in [2.75, 3.05) is 20.7 Å². The van der Waals surface area contributed by atoms with Crippen LogP contribution in [0.1, 0.15) is 36.0 Å². The van der Waals surface area contributed by atoms with E-state index in [0.29, 0.717) is 30.1 Å². The summed E-state index contributed by atoms with van der Waals surface area (Å²) < 4.78 is 7.07. The standard InChI is InChI=1S/C20H27N5O2/c1-24(13-17-15-7-3-4-8-16(15)22-23-17)20(26)14-11-21-25(12-14)18-9-5-6-10-19(18)27-2/h5-6,9-12,15-17,22-23H,3-4,7-8,13H2,1-2H3. The van der Waals surface area contributed by atoms with Crippen LogP contribution >= 0.6 is 0 Å². The van der Waals surface area contributed by atoms with Crippen LogP contribution in [0.3, 0.4) is 0 Å². The maximum Gasteiger partial charge on any atom is 0.256 e. The molecule has 1 aromatic heterocycles. The summed E-state index contributed by atoms with van der Waals surface area (Å²) in [7, 11) is 3.49. The van der Waals surface area contributed by atoms with Crippen molar-refractivity contribution in [3.63, 3.8) is 0 Å². The van der Waals surface area contributed by atoms with Crippen LogP contribution in [0.2, 0.25) is 0 Å². The molecule has 0 bridgehead atoms. The number of hydrogen-bond donors (Lipinski definition) is 2. The maximum atomic E-state index is 12.9. The Bertz CT molecular complexity index is 805. The summed E-state index contributed by atoms with van der Waals surface area (Å²) in [5, 5.41) is 4.36. The van der Waals surface area contributed by atoms with Gasteiger partial charge in [-0.05, 0) is 30.9 Å². The molecule has 4 rings (SSSR count). The normalized spacial score (nSPS) is 24.4. The Morgan fingerprint density at radius 1 is 1.30 bits per heavy atom. The number of para-hydroxylation sites is 2. The number of nitrogens with zero attached hydrogens (tertiary/aromatic N) is 3. The zero-order valence-corrected chi connectivity index (χ0v) is 15.9. The SMILES string of the molecule is COc1ccccc1-n1cc(C(=O)N(C)CC2NNC3CCCCC32)cn1. The molecular weight excluding hydrogens is 342 g/mol. The molecule has 0 spiro atoms. The van der Waals surface area contributed by atoms with Crippen molar-refractivity contribution < 1.29 is 9.53 Å². The van der Waals surface area contributed by atoms with Crippen molar-refractivity contribution >= 4 is 5.91 Å². The second-order valence-electron chi connectivity index (χ2n) is 7.48. The predicted molar refractivity (Wildman–Crippen MR) is 103 cm³/mol. The Morgan fingerprint density at radius 2 is 2.11 bits per heavy atom. The van der Waals surface area contributed by atoms with Crippen molar-refractivity contribution in [3.8, 4) is 11.4 Å². The van der Waals surface area contributed by atoms with Crippen LogP contribution in [0, 0.1) is 5.92 Å². The van der Waals surface area contributed by atoms with E-state index in [-0.39, 0.29) is 5.91 Å². The van der Waals surface area contributed by atoms with Gasteiger partial charge in [0.15, 0.2) is 0 Å². The first-order chi connectivity index (χ1) is 13.2. The lowest BCUT2D eigenvalue weighted by atomic mass is 9.81. The van der Waals surface area contributed by atoms with Gasteiger partial charge in [0.2, 0.25) is 0 Å². The molecule has 3 atom stereocenters. The molecule has 144 valence electrons. The maximum absolute atomic E-state index is 12.9. The highest BCUT2D eigenvalue weighted by molar-refractivity contribution is 5.93. The van der Waals surface area contributed by atoms with Crippen LogP contribution in [0.25, 0.3) is 5.69 Å². The van der Waals surface area contributed by atoms with E-state index in [4.69, 9.17) is 4.74 Å². The van der Waals surface area contributed by atoms with Crippen LogP contribution in [-0.2, 0) is 0 Å². The number of hydrazine groups is 1. The Balaban J connectivity index is 1.44. The van der Waals surface area contributed by atoms with Gasteiger partial charge in [-0.2, -0.15) is 5.10 Å². The van der Waals surface area contributed by atoms with Crippen molar-refractivity contribution in [2.24, 2.45) is 5.92 Å². The number of carbonyl (C=O) groups is 1. The number of aromatic nitrogens is 2. The number of rotatable bonds is 5. The van der Waals surface area contributed by atoms with Crippen molar-refractivity contribution in [2.45, 2.75) is 37.8 Å². The van der Waals surface area contributed by atoms with Crippen molar-refractivity contribution in [3.05, 3.63) is 42.2 Å². The summed E-state index contributed by atoms with van der Waals surface area (Å²) in [5.74, 6) is 1.31. The summed E-state index contributed by atoms with van der Waals surface area (Å²) in [5.41, 5.74) is 8.21. The van der Waals surface area contributed by atoms with E-state index in [1.807, 2.05) is 31.3 Å². The lowest BCUT2D eigenvalue weighted by molar-refractivity contribution is 0.0772. The molecule has 0 radical (unpaired) electrons. The first kappa shape index (κ1) is 18.0. The van der Waals surface area contributed by atoms with E-state index in [2.05, 4.69) is 16.0 Å². The largest absolute Gasteiger partial charge is 0.494 e. The zero-order valence-electron chi connectivity index (χ0n) is 15.9. The van der Waals surface area contributed by atoms with E-state index in [1.165, 1.54) is 25.7 Å². The molecule has 1 aliphatic heterocycles.